The van der Waals surface area contributed by atoms with Gasteiger partial charge in [-0.05, 0) is 69.1 Å². The fourth-order valence-electron chi connectivity index (χ4n) is 5.23. The average Bonchev–Trinajstić information content (AvgIpc) is 2.94. The summed E-state index contributed by atoms with van der Waals surface area (Å²) < 4.78 is 61.5. The van der Waals surface area contributed by atoms with Gasteiger partial charge in [0.1, 0.15) is 11.9 Å². The molecule has 2 heterocycles. The van der Waals surface area contributed by atoms with E-state index in [-0.39, 0.29) is 12.8 Å². The SMILES string of the molecule is COc1ccc2ncc(N(C)C)c([C@H](F)CCC3(C(=O)O)CCN(CCSc4cc(F)c(F)c(F)c4)CC3)c2c1. The van der Waals surface area contributed by atoms with E-state index in [9.17, 15) is 23.1 Å². The average molecular weight is 580 g/mol. The summed E-state index contributed by atoms with van der Waals surface area (Å²) in [4.78, 5) is 21.0. The molecular formula is C29H33F4N3O3S. The van der Waals surface area contributed by atoms with Gasteiger partial charge in [-0.25, -0.2) is 17.6 Å². The minimum absolute atomic E-state index is 0.0427. The molecule has 0 bridgehead atoms. The minimum atomic E-state index is -1.49. The number of benzene rings is 2. The quantitative estimate of drug-likeness (QED) is 0.159. The molecule has 1 N–H and O–H groups in total. The van der Waals surface area contributed by atoms with Crippen molar-refractivity contribution in [3.8, 4) is 5.75 Å². The fourth-order valence-corrected chi connectivity index (χ4v) is 6.18. The van der Waals surface area contributed by atoms with Crippen LogP contribution in [0.1, 0.15) is 37.4 Å². The molecule has 1 aliphatic heterocycles. The number of aliphatic carboxylic acids is 1. The highest BCUT2D eigenvalue weighted by Gasteiger charge is 2.42. The Labute approximate surface area is 235 Å². The third-order valence-electron chi connectivity index (χ3n) is 7.67. The third-order valence-corrected chi connectivity index (χ3v) is 8.62. The van der Waals surface area contributed by atoms with Crippen molar-refractivity contribution in [3.05, 3.63) is 59.5 Å². The Hall–Kier alpha value is -3.05. The second-order valence-corrected chi connectivity index (χ2v) is 11.5. The molecule has 0 amide bonds. The number of carboxylic acids is 1. The van der Waals surface area contributed by atoms with Crippen molar-refractivity contribution < 1.29 is 32.2 Å². The first-order valence-electron chi connectivity index (χ1n) is 13.1. The molecule has 4 rings (SSSR count). The lowest BCUT2D eigenvalue weighted by atomic mass is 9.74. The van der Waals surface area contributed by atoms with Crippen LogP contribution in [0.2, 0.25) is 0 Å². The maximum absolute atomic E-state index is 16.0. The summed E-state index contributed by atoms with van der Waals surface area (Å²) in [6.45, 7) is 1.59. The first-order chi connectivity index (χ1) is 19.0. The highest BCUT2D eigenvalue weighted by Crippen LogP contribution is 2.43. The fraction of sp³-hybridized carbons (Fsp3) is 0.448. The maximum Gasteiger partial charge on any atom is 0.309 e. The molecule has 40 heavy (non-hydrogen) atoms. The zero-order chi connectivity index (χ0) is 29.0. The van der Waals surface area contributed by atoms with E-state index in [1.165, 1.54) is 11.8 Å². The monoisotopic (exact) mass is 579 g/mol. The number of carboxylic acid groups (broad SMARTS) is 1. The molecule has 1 fully saturated rings. The van der Waals surface area contributed by atoms with Crippen LogP contribution in [0.15, 0.2) is 41.4 Å². The molecular weight excluding hydrogens is 546 g/mol. The molecule has 2 aromatic carbocycles. The Bertz CT molecular complexity index is 1340. The number of likely N-dealkylation sites (tertiary alicyclic amines) is 1. The van der Waals surface area contributed by atoms with Crippen molar-refractivity contribution in [1.82, 2.24) is 9.88 Å². The number of piperidine rings is 1. The third kappa shape index (κ3) is 6.46. The number of pyridine rings is 1. The van der Waals surface area contributed by atoms with Gasteiger partial charge in [-0.15, -0.1) is 11.8 Å². The van der Waals surface area contributed by atoms with Gasteiger partial charge in [0.05, 0.1) is 29.9 Å². The molecule has 11 heteroatoms. The Morgan fingerprint density at radius 3 is 2.45 bits per heavy atom. The standard InChI is InChI=1S/C29H33F4N3O3S/c1-35(2)25-17-34-24-5-4-18(39-3)14-20(24)26(25)21(30)6-7-29(28(37)38)8-10-36(11-9-29)12-13-40-19-15-22(31)27(33)23(32)16-19/h4-5,14-17,21H,6-13H2,1-3H3,(H,37,38)/t21-/m1/s1. The zero-order valence-corrected chi connectivity index (χ0v) is 23.5. The number of rotatable bonds is 11. The number of nitrogens with zero attached hydrogens (tertiary/aromatic N) is 3. The first kappa shape index (κ1) is 29.9. The van der Waals surface area contributed by atoms with Crippen LogP contribution in [0.3, 0.4) is 0 Å². The number of halogens is 4. The summed E-state index contributed by atoms with van der Waals surface area (Å²) in [5.41, 5.74) is 0.688. The van der Waals surface area contributed by atoms with Crippen LogP contribution < -0.4 is 9.64 Å². The lowest BCUT2D eigenvalue weighted by Crippen LogP contribution is -2.45. The van der Waals surface area contributed by atoms with E-state index < -0.39 is 35.0 Å². The van der Waals surface area contributed by atoms with Crippen LogP contribution in [-0.4, -0.2) is 67.6 Å². The van der Waals surface area contributed by atoms with Gasteiger partial charge in [-0.3, -0.25) is 9.78 Å². The van der Waals surface area contributed by atoms with Crippen molar-refractivity contribution in [3.63, 3.8) is 0 Å². The van der Waals surface area contributed by atoms with Gasteiger partial charge in [0.2, 0.25) is 0 Å². The number of alkyl halides is 1. The van der Waals surface area contributed by atoms with E-state index in [2.05, 4.69) is 9.88 Å². The number of aromatic nitrogens is 1. The molecule has 1 aromatic heterocycles. The first-order valence-corrected chi connectivity index (χ1v) is 14.0. The van der Waals surface area contributed by atoms with E-state index in [0.717, 1.165) is 12.1 Å². The van der Waals surface area contributed by atoms with Crippen LogP contribution in [0, 0.1) is 22.9 Å². The van der Waals surface area contributed by atoms with Crippen molar-refractivity contribution in [1.29, 1.82) is 0 Å². The predicted molar refractivity (Wildman–Crippen MR) is 148 cm³/mol. The van der Waals surface area contributed by atoms with Crippen molar-refractivity contribution in [2.45, 2.75) is 36.8 Å². The second kappa shape index (κ2) is 12.6. The molecule has 6 nitrogen and oxygen atoms in total. The van der Waals surface area contributed by atoms with Gasteiger partial charge in [-0.1, -0.05) is 0 Å². The number of methoxy groups -OCH3 is 1. The number of ether oxygens (including phenoxy) is 1. The van der Waals surface area contributed by atoms with Gasteiger partial charge < -0.3 is 19.6 Å². The van der Waals surface area contributed by atoms with Crippen LogP contribution in [0.25, 0.3) is 10.9 Å². The normalized spacial score (nSPS) is 16.2. The van der Waals surface area contributed by atoms with Crippen molar-refractivity contribution in [2.24, 2.45) is 5.41 Å². The summed E-state index contributed by atoms with van der Waals surface area (Å²) >= 11 is 1.20. The van der Waals surface area contributed by atoms with E-state index in [4.69, 9.17) is 4.74 Å². The molecule has 0 saturated carbocycles. The van der Waals surface area contributed by atoms with E-state index in [0.29, 0.717) is 71.0 Å². The predicted octanol–water partition coefficient (Wildman–Crippen LogP) is 6.48. The molecule has 1 aliphatic rings. The van der Waals surface area contributed by atoms with Crippen molar-refractivity contribution >= 4 is 34.3 Å². The lowest BCUT2D eigenvalue weighted by molar-refractivity contribution is -0.153. The number of thioether (sulfide) groups is 1. The van der Waals surface area contributed by atoms with Crippen LogP contribution in [-0.2, 0) is 4.79 Å². The zero-order valence-electron chi connectivity index (χ0n) is 22.7. The number of anilines is 1. The Balaban J connectivity index is 1.40. The molecule has 0 aliphatic carbocycles. The van der Waals surface area contributed by atoms with Crippen LogP contribution in [0.4, 0.5) is 23.2 Å². The molecule has 0 radical (unpaired) electrons. The number of fused-ring (bicyclic) bond motifs is 1. The maximum atomic E-state index is 16.0. The molecule has 0 unspecified atom stereocenters. The molecule has 1 saturated heterocycles. The van der Waals surface area contributed by atoms with E-state index in [1.807, 2.05) is 14.1 Å². The van der Waals surface area contributed by atoms with Gasteiger partial charge >= 0.3 is 5.97 Å². The van der Waals surface area contributed by atoms with Gasteiger partial charge in [0.15, 0.2) is 17.5 Å². The van der Waals surface area contributed by atoms with Gasteiger partial charge in [-0.2, -0.15) is 0 Å². The van der Waals surface area contributed by atoms with Crippen LogP contribution in [0.5, 0.6) is 5.75 Å². The summed E-state index contributed by atoms with van der Waals surface area (Å²) in [5, 5.41) is 10.8. The molecule has 3 aromatic rings. The summed E-state index contributed by atoms with van der Waals surface area (Å²) in [5.74, 6) is -3.79. The molecule has 216 valence electrons. The largest absolute Gasteiger partial charge is 0.497 e. The smallest absolute Gasteiger partial charge is 0.309 e. The highest BCUT2D eigenvalue weighted by atomic mass is 32.2. The number of hydrogen-bond acceptors (Lipinski definition) is 6. The van der Waals surface area contributed by atoms with E-state index >= 15 is 4.39 Å². The minimum Gasteiger partial charge on any atom is -0.497 e. The molecule has 1 atom stereocenters. The van der Waals surface area contributed by atoms with Gasteiger partial charge in [0.25, 0.3) is 0 Å². The summed E-state index contributed by atoms with van der Waals surface area (Å²) in [6, 6.07) is 7.23. The topological polar surface area (TPSA) is 65.9 Å². The van der Waals surface area contributed by atoms with Crippen molar-refractivity contribution in [2.75, 3.05) is 51.5 Å². The lowest BCUT2D eigenvalue weighted by Gasteiger charge is -2.39. The van der Waals surface area contributed by atoms with Crippen LogP contribution >= 0.6 is 11.8 Å². The summed E-state index contributed by atoms with van der Waals surface area (Å²) in [7, 11) is 5.17. The molecule has 0 spiro atoms. The number of carbonyl (C=O) groups is 1. The Morgan fingerprint density at radius 2 is 1.85 bits per heavy atom. The second-order valence-electron chi connectivity index (χ2n) is 10.3. The summed E-state index contributed by atoms with van der Waals surface area (Å²) in [6.07, 6.45) is 1.18. The van der Waals surface area contributed by atoms with E-state index in [1.54, 1.807) is 36.4 Å². The Kier molecular flexibility index (Phi) is 9.45. The Morgan fingerprint density at radius 1 is 1.18 bits per heavy atom. The van der Waals surface area contributed by atoms with Gasteiger partial charge in [0, 0.05) is 42.2 Å². The highest BCUT2D eigenvalue weighted by molar-refractivity contribution is 7.99. The number of hydrogen-bond donors (Lipinski definition) is 1.